The minimum absolute atomic E-state index is 0.0606. The van der Waals surface area contributed by atoms with Gasteiger partial charge in [0, 0.05) is 37.9 Å². The third-order valence-corrected chi connectivity index (χ3v) is 4.67. The molecule has 2 aromatic rings. The summed E-state index contributed by atoms with van der Waals surface area (Å²) in [6, 6.07) is 11.5. The number of aromatic nitrogens is 1. The van der Waals surface area contributed by atoms with Gasteiger partial charge in [-0.1, -0.05) is 12.1 Å². The molecule has 1 aliphatic rings. The van der Waals surface area contributed by atoms with E-state index in [9.17, 15) is 4.79 Å². The molecule has 0 spiro atoms. The van der Waals surface area contributed by atoms with Crippen molar-refractivity contribution in [2.45, 2.75) is 6.92 Å². The number of amides is 1. The molecule has 1 saturated heterocycles. The monoisotopic (exact) mass is 367 g/mol. The Balaban J connectivity index is 1.65. The van der Waals surface area contributed by atoms with Crippen LogP contribution in [0.5, 0.6) is 11.5 Å². The molecule has 0 bridgehead atoms. The van der Waals surface area contributed by atoms with Crippen LogP contribution in [0.15, 0.2) is 48.2 Å². The summed E-state index contributed by atoms with van der Waals surface area (Å²) in [5.41, 5.74) is 1.61. The minimum atomic E-state index is 0.0606. The van der Waals surface area contributed by atoms with E-state index in [1.807, 2.05) is 54.3 Å². The van der Waals surface area contributed by atoms with Gasteiger partial charge in [-0.3, -0.25) is 4.79 Å². The molecule has 0 saturated carbocycles. The zero-order valence-electron chi connectivity index (χ0n) is 16.0. The first-order valence-corrected chi connectivity index (χ1v) is 8.98. The number of hydrogen-bond acceptors (Lipinski definition) is 5. The van der Waals surface area contributed by atoms with E-state index in [2.05, 4.69) is 9.88 Å². The highest BCUT2D eigenvalue weighted by Gasteiger charge is 2.22. The smallest absolute Gasteiger partial charge is 0.249 e. The zero-order chi connectivity index (χ0) is 19.2. The number of hydrogen-bond donors (Lipinski definition) is 0. The second kappa shape index (κ2) is 8.58. The fraction of sp³-hybridized carbons (Fsp3) is 0.333. The van der Waals surface area contributed by atoms with Crippen molar-refractivity contribution in [3.63, 3.8) is 0 Å². The number of anilines is 1. The molecule has 27 heavy (non-hydrogen) atoms. The van der Waals surface area contributed by atoms with Gasteiger partial charge in [0.25, 0.3) is 0 Å². The average Bonchev–Trinajstić information content (AvgIpc) is 2.73. The fourth-order valence-electron chi connectivity index (χ4n) is 3.18. The fourth-order valence-corrected chi connectivity index (χ4v) is 3.18. The number of piperazine rings is 1. The average molecular weight is 367 g/mol. The lowest BCUT2D eigenvalue weighted by Gasteiger charge is -2.35. The molecule has 6 nitrogen and oxygen atoms in total. The van der Waals surface area contributed by atoms with Crippen LogP contribution < -0.4 is 14.4 Å². The lowest BCUT2D eigenvalue weighted by molar-refractivity contribution is -0.127. The molecule has 142 valence electrons. The van der Waals surface area contributed by atoms with Crippen molar-refractivity contribution in [3.05, 3.63) is 53.7 Å². The predicted octanol–water partition coefficient (Wildman–Crippen LogP) is 2.85. The highest BCUT2D eigenvalue weighted by atomic mass is 16.5. The second-order valence-corrected chi connectivity index (χ2v) is 6.41. The molecule has 2 heterocycles. The van der Waals surface area contributed by atoms with Crippen molar-refractivity contribution in [2.75, 3.05) is 45.3 Å². The van der Waals surface area contributed by atoms with Crippen LogP contribution >= 0.6 is 0 Å². The molecule has 1 aromatic carbocycles. The summed E-state index contributed by atoms with van der Waals surface area (Å²) in [5, 5.41) is 0. The van der Waals surface area contributed by atoms with Gasteiger partial charge in [-0.15, -0.1) is 0 Å². The Bertz CT molecular complexity index is 813. The Morgan fingerprint density at radius 1 is 1.04 bits per heavy atom. The van der Waals surface area contributed by atoms with E-state index in [1.54, 1.807) is 20.4 Å². The summed E-state index contributed by atoms with van der Waals surface area (Å²) in [5.74, 6) is 2.34. The van der Waals surface area contributed by atoms with Crippen LogP contribution in [0.1, 0.15) is 12.5 Å². The maximum absolute atomic E-state index is 12.8. The molecule has 0 unspecified atom stereocenters. The first kappa shape index (κ1) is 18.8. The molecule has 1 aromatic heterocycles. The second-order valence-electron chi connectivity index (χ2n) is 6.41. The van der Waals surface area contributed by atoms with Crippen molar-refractivity contribution in [2.24, 2.45) is 0 Å². The molecule has 1 amide bonds. The van der Waals surface area contributed by atoms with Crippen molar-refractivity contribution in [3.8, 4) is 11.5 Å². The van der Waals surface area contributed by atoms with Gasteiger partial charge in [0.1, 0.15) is 5.82 Å². The number of carbonyl (C=O) groups is 1. The van der Waals surface area contributed by atoms with Gasteiger partial charge in [-0.2, -0.15) is 0 Å². The number of benzene rings is 1. The van der Waals surface area contributed by atoms with Gasteiger partial charge >= 0.3 is 0 Å². The van der Waals surface area contributed by atoms with E-state index < -0.39 is 0 Å². The van der Waals surface area contributed by atoms with E-state index in [-0.39, 0.29) is 5.91 Å². The van der Waals surface area contributed by atoms with Crippen LogP contribution in [-0.2, 0) is 4.79 Å². The van der Waals surface area contributed by atoms with Gasteiger partial charge in [0.05, 0.1) is 14.2 Å². The lowest BCUT2D eigenvalue weighted by Crippen LogP contribution is -2.49. The van der Waals surface area contributed by atoms with Gasteiger partial charge in [0.15, 0.2) is 11.5 Å². The molecule has 0 aliphatic carbocycles. The highest BCUT2D eigenvalue weighted by Crippen LogP contribution is 2.28. The number of ether oxygens (including phenoxy) is 2. The Hall–Kier alpha value is -3.02. The Kier molecular flexibility index (Phi) is 5.96. The number of pyridine rings is 1. The minimum Gasteiger partial charge on any atom is -0.493 e. The highest BCUT2D eigenvalue weighted by molar-refractivity contribution is 5.97. The summed E-state index contributed by atoms with van der Waals surface area (Å²) >= 11 is 0. The van der Waals surface area contributed by atoms with Crippen LogP contribution in [0.25, 0.3) is 6.08 Å². The summed E-state index contributed by atoms with van der Waals surface area (Å²) in [6.07, 6.45) is 3.68. The van der Waals surface area contributed by atoms with Gasteiger partial charge in [0.2, 0.25) is 5.91 Å². The van der Waals surface area contributed by atoms with Crippen LogP contribution in [0.2, 0.25) is 0 Å². The predicted molar refractivity (Wildman–Crippen MR) is 106 cm³/mol. The van der Waals surface area contributed by atoms with E-state index in [0.717, 1.165) is 24.5 Å². The van der Waals surface area contributed by atoms with E-state index in [0.29, 0.717) is 30.2 Å². The van der Waals surface area contributed by atoms with Gasteiger partial charge < -0.3 is 19.3 Å². The van der Waals surface area contributed by atoms with Crippen molar-refractivity contribution in [1.82, 2.24) is 9.88 Å². The Morgan fingerprint density at radius 3 is 2.41 bits per heavy atom. The number of carbonyl (C=O) groups excluding carboxylic acids is 1. The van der Waals surface area contributed by atoms with Gasteiger partial charge in [-0.05, 0) is 42.8 Å². The Labute approximate surface area is 160 Å². The molecular formula is C21H25N3O3. The molecule has 3 rings (SSSR count). The molecule has 0 N–H and O–H groups in total. The van der Waals surface area contributed by atoms with Crippen LogP contribution in [0.3, 0.4) is 0 Å². The lowest BCUT2D eigenvalue weighted by atomic mass is 10.1. The normalized spacial score (nSPS) is 14.9. The van der Waals surface area contributed by atoms with Crippen LogP contribution in [0, 0.1) is 0 Å². The summed E-state index contributed by atoms with van der Waals surface area (Å²) in [6.45, 7) is 4.79. The summed E-state index contributed by atoms with van der Waals surface area (Å²) in [4.78, 5) is 21.3. The first-order chi connectivity index (χ1) is 13.1. The third-order valence-electron chi connectivity index (χ3n) is 4.67. The van der Waals surface area contributed by atoms with Gasteiger partial charge in [-0.25, -0.2) is 4.98 Å². The van der Waals surface area contributed by atoms with Crippen LogP contribution in [-0.4, -0.2) is 56.2 Å². The number of nitrogens with zero attached hydrogens (tertiary/aromatic N) is 3. The summed E-state index contributed by atoms with van der Waals surface area (Å²) in [7, 11) is 3.21. The molecule has 1 aliphatic heterocycles. The quantitative estimate of drug-likeness (QED) is 0.761. The zero-order valence-corrected chi connectivity index (χ0v) is 16.0. The topological polar surface area (TPSA) is 54.9 Å². The van der Waals surface area contributed by atoms with E-state index >= 15 is 0 Å². The van der Waals surface area contributed by atoms with E-state index in [1.165, 1.54) is 0 Å². The van der Waals surface area contributed by atoms with Crippen LogP contribution in [0.4, 0.5) is 5.82 Å². The number of rotatable bonds is 5. The molecule has 0 atom stereocenters. The largest absolute Gasteiger partial charge is 0.493 e. The van der Waals surface area contributed by atoms with E-state index in [4.69, 9.17) is 9.47 Å². The number of methoxy groups -OCH3 is 2. The molecule has 1 fully saturated rings. The summed E-state index contributed by atoms with van der Waals surface area (Å²) < 4.78 is 10.6. The Morgan fingerprint density at radius 2 is 1.78 bits per heavy atom. The first-order valence-electron chi connectivity index (χ1n) is 8.98. The molecule has 6 heteroatoms. The van der Waals surface area contributed by atoms with Crippen molar-refractivity contribution in [1.29, 1.82) is 0 Å². The van der Waals surface area contributed by atoms with Crippen molar-refractivity contribution >= 4 is 17.8 Å². The maximum Gasteiger partial charge on any atom is 0.249 e. The standard InChI is InChI=1S/C21H25N3O3/c1-16(14-17-7-8-18(26-2)19(15-17)27-3)21(25)24-12-10-23(11-13-24)20-6-4-5-9-22-20/h4-9,14-15H,10-13H2,1-3H3/b16-14+. The molecule has 0 radical (unpaired) electrons. The SMILES string of the molecule is COc1ccc(/C=C(\C)C(=O)N2CCN(c3ccccn3)CC2)cc1OC. The molecular weight excluding hydrogens is 342 g/mol. The maximum atomic E-state index is 12.8. The van der Waals surface area contributed by atoms with Crippen molar-refractivity contribution < 1.29 is 14.3 Å². The third kappa shape index (κ3) is 4.39.